The molecule has 2 heterocycles. The van der Waals surface area contributed by atoms with E-state index in [1.807, 2.05) is 18.4 Å². The van der Waals surface area contributed by atoms with Crippen LogP contribution in [0.1, 0.15) is 19.9 Å². The zero-order chi connectivity index (χ0) is 9.42. The minimum atomic E-state index is -0.346. The highest BCUT2D eigenvalue weighted by Crippen LogP contribution is 2.15. The predicted molar refractivity (Wildman–Crippen MR) is 47.9 cm³/mol. The van der Waals surface area contributed by atoms with Crippen LogP contribution in [0.4, 0.5) is 4.39 Å². The van der Waals surface area contributed by atoms with Crippen LogP contribution in [-0.4, -0.2) is 14.5 Å². The Bertz CT molecular complexity index is 433. The van der Waals surface area contributed by atoms with Crippen molar-refractivity contribution in [1.29, 1.82) is 0 Å². The lowest BCUT2D eigenvalue weighted by molar-refractivity contribution is 0.606. The van der Waals surface area contributed by atoms with Crippen molar-refractivity contribution in [3.63, 3.8) is 0 Å². The molecule has 0 fully saturated rings. The third-order valence-corrected chi connectivity index (χ3v) is 1.94. The first-order chi connectivity index (χ1) is 6.18. The number of fused-ring (bicyclic) bond motifs is 1. The molecule has 0 amide bonds. The Morgan fingerprint density at radius 3 is 2.85 bits per heavy atom. The largest absolute Gasteiger partial charge is 0.313 e. The van der Waals surface area contributed by atoms with Crippen molar-refractivity contribution in [2.75, 3.05) is 0 Å². The van der Waals surface area contributed by atoms with Crippen LogP contribution in [0, 0.1) is 5.82 Å². The van der Waals surface area contributed by atoms with E-state index in [1.165, 1.54) is 12.3 Å². The summed E-state index contributed by atoms with van der Waals surface area (Å²) in [7, 11) is 0. The second kappa shape index (κ2) is 2.80. The first-order valence-electron chi connectivity index (χ1n) is 4.16. The fourth-order valence-electron chi connectivity index (χ4n) is 1.27. The van der Waals surface area contributed by atoms with E-state index in [-0.39, 0.29) is 5.82 Å². The van der Waals surface area contributed by atoms with E-state index in [4.69, 9.17) is 0 Å². The summed E-state index contributed by atoms with van der Waals surface area (Å²) in [6.07, 6.45) is 2.89. The smallest absolute Gasteiger partial charge is 0.160 e. The van der Waals surface area contributed by atoms with Crippen molar-refractivity contribution in [3.8, 4) is 0 Å². The summed E-state index contributed by atoms with van der Waals surface area (Å²) in [5, 5.41) is 0. The third kappa shape index (κ3) is 1.28. The van der Waals surface area contributed by atoms with Crippen LogP contribution in [0.2, 0.25) is 0 Å². The van der Waals surface area contributed by atoms with Gasteiger partial charge in [0.1, 0.15) is 11.3 Å². The normalized spacial score (nSPS) is 11.4. The van der Waals surface area contributed by atoms with Gasteiger partial charge in [0.25, 0.3) is 0 Å². The molecule has 0 aromatic carbocycles. The molecule has 2 aromatic heterocycles. The maximum atomic E-state index is 12.7. The highest BCUT2D eigenvalue weighted by Gasteiger charge is 2.06. The molecule has 0 bridgehead atoms. The Labute approximate surface area is 75.2 Å². The number of imidazole rings is 1. The summed E-state index contributed by atoms with van der Waals surface area (Å²) in [6, 6.07) is 1.68. The first-order valence-corrected chi connectivity index (χ1v) is 4.16. The van der Waals surface area contributed by atoms with E-state index in [0.29, 0.717) is 11.6 Å². The summed E-state index contributed by atoms with van der Waals surface area (Å²) in [6.45, 7) is 4.07. The molecule has 0 unspecified atom stereocenters. The van der Waals surface area contributed by atoms with E-state index in [9.17, 15) is 4.39 Å². The maximum absolute atomic E-state index is 12.7. The van der Waals surface area contributed by atoms with E-state index in [0.717, 1.165) is 5.65 Å². The zero-order valence-electron chi connectivity index (χ0n) is 7.53. The highest BCUT2D eigenvalue weighted by molar-refractivity contribution is 5.70. The quantitative estimate of drug-likeness (QED) is 0.671. The maximum Gasteiger partial charge on any atom is 0.160 e. The molecule has 3 nitrogen and oxygen atoms in total. The van der Waals surface area contributed by atoms with Gasteiger partial charge in [0.05, 0.1) is 12.5 Å². The van der Waals surface area contributed by atoms with Gasteiger partial charge in [-0.25, -0.2) is 14.4 Å². The predicted octanol–water partition coefficient (Wildman–Crippen LogP) is 2.15. The molecule has 0 aliphatic carbocycles. The van der Waals surface area contributed by atoms with Crippen molar-refractivity contribution < 1.29 is 4.39 Å². The second-order valence-corrected chi connectivity index (χ2v) is 3.24. The van der Waals surface area contributed by atoms with Crippen LogP contribution in [0.3, 0.4) is 0 Å². The van der Waals surface area contributed by atoms with Gasteiger partial charge in [0.15, 0.2) is 5.65 Å². The van der Waals surface area contributed by atoms with Crippen LogP contribution in [-0.2, 0) is 0 Å². The molecule has 0 radical (unpaired) electrons. The molecule has 0 atom stereocenters. The van der Waals surface area contributed by atoms with Crippen molar-refractivity contribution in [3.05, 3.63) is 24.4 Å². The molecular formula is C9H10FN3. The van der Waals surface area contributed by atoms with E-state index in [1.54, 1.807) is 6.33 Å². The summed E-state index contributed by atoms with van der Waals surface area (Å²) in [5.74, 6) is -0.346. The van der Waals surface area contributed by atoms with Gasteiger partial charge in [-0.05, 0) is 13.8 Å². The molecule has 13 heavy (non-hydrogen) atoms. The molecule has 68 valence electrons. The Hall–Kier alpha value is -1.45. The molecule has 0 N–H and O–H groups in total. The molecule has 2 rings (SSSR count). The Kier molecular flexibility index (Phi) is 1.76. The monoisotopic (exact) mass is 179 g/mol. The van der Waals surface area contributed by atoms with Crippen LogP contribution < -0.4 is 0 Å². The van der Waals surface area contributed by atoms with Gasteiger partial charge in [-0.15, -0.1) is 0 Å². The van der Waals surface area contributed by atoms with Gasteiger partial charge < -0.3 is 4.57 Å². The Morgan fingerprint density at radius 1 is 1.38 bits per heavy atom. The summed E-state index contributed by atoms with van der Waals surface area (Å²) in [5.41, 5.74) is 1.34. The number of nitrogens with zero attached hydrogens (tertiary/aromatic N) is 3. The number of aromatic nitrogens is 3. The van der Waals surface area contributed by atoms with Crippen LogP contribution in [0.15, 0.2) is 18.6 Å². The van der Waals surface area contributed by atoms with Crippen molar-refractivity contribution in [2.45, 2.75) is 19.9 Å². The first kappa shape index (κ1) is 8.16. The summed E-state index contributed by atoms with van der Waals surface area (Å²) < 4.78 is 14.6. The van der Waals surface area contributed by atoms with Gasteiger partial charge in [-0.3, -0.25) is 0 Å². The van der Waals surface area contributed by atoms with E-state index >= 15 is 0 Å². The van der Waals surface area contributed by atoms with Crippen molar-refractivity contribution in [1.82, 2.24) is 14.5 Å². The fraction of sp³-hybridized carbons (Fsp3) is 0.333. The molecular weight excluding hydrogens is 169 g/mol. The standard InChI is InChI=1S/C9H10FN3/c1-6(2)13-5-12-8-3-7(10)4-11-9(8)13/h3-6H,1-2H3. The molecule has 0 aliphatic rings. The van der Waals surface area contributed by atoms with Gasteiger partial charge in [-0.2, -0.15) is 0 Å². The van der Waals surface area contributed by atoms with Crippen molar-refractivity contribution in [2.24, 2.45) is 0 Å². The summed E-state index contributed by atoms with van der Waals surface area (Å²) >= 11 is 0. The average molecular weight is 179 g/mol. The number of rotatable bonds is 1. The minimum absolute atomic E-state index is 0.294. The number of halogens is 1. The molecule has 0 aliphatic heterocycles. The molecule has 0 saturated carbocycles. The van der Waals surface area contributed by atoms with E-state index in [2.05, 4.69) is 9.97 Å². The lowest BCUT2D eigenvalue weighted by Crippen LogP contribution is -1.99. The Balaban J connectivity index is 2.69. The van der Waals surface area contributed by atoms with Gasteiger partial charge >= 0.3 is 0 Å². The average Bonchev–Trinajstić information content (AvgIpc) is 2.46. The lowest BCUT2D eigenvalue weighted by Gasteiger charge is -2.05. The zero-order valence-corrected chi connectivity index (χ0v) is 7.53. The number of hydrogen-bond acceptors (Lipinski definition) is 2. The highest BCUT2D eigenvalue weighted by atomic mass is 19.1. The minimum Gasteiger partial charge on any atom is -0.313 e. The topological polar surface area (TPSA) is 30.7 Å². The van der Waals surface area contributed by atoms with Gasteiger partial charge in [0, 0.05) is 12.1 Å². The van der Waals surface area contributed by atoms with Crippen LogP contribution in [0.5, 0.6) is 0 Å². The summed E-state index contributed by atoms with van der Waals surface area (Å²) in [4.78, 5) is 8.05. The number of pyridine rings is 1. The van der Waals surface area contributed by atoms with Gasteiger partial charge in [0.2, 0.25) is 0 Å². The van der Waals surface area contributed by atoms with Crippen molar-refractivity contribution >= 4 is 11.2 Å². The fourth-order valence-corrected chi connectivity index (χ4v) is 1.27. The van der Waals surface area contributed by atoms with Gasteiger partial charge in [-0.1, -0.05) is 0 Å². The van der Waals surface area contributed by atoms with E-state index < -0.39 is 0 Å². The molecule has 4 heteroatoms. The Morgan fingerprint density at radius 2 is 2.15 bits per heavy atom. The van der Waals surface area contributed by atoms with Crippen LogP contribution in [0.25, 0.3) is 11.2 Å². The third-order valence-electron chi connectivity index (χ3n) is 1.94. The lowest BCUT2D eigenvalue weighted by atomic mass is 10.4. The van der Waals surface area contributed by atoms with Crippen LogP contribution >= 0.6 is 0 Å². The molecule has 2 aromatic rings. The number of hydrogen-bond donors (Lipinski definition) is 0. The second-order valence-electron chi connectivity index (χ2n) is 3.24. The SMILES string of the molecule is CC(C)n1cnc2cc(F)cnc21. The molecule has 0 spiro atoms. The molecule has 0 saturated heterocycles.